The van der Waals surface area contributed by atoms with Gasteiger partial charge in [-0.05, 0) is 31.0 Å². The van der Waals surface area contributed by atoms with Crippen LogP contribution in [0, 0.1) is 0 Å². The summed E-state index contributed by atoms with van der Waals surface area (Å²) >= 11 is 1.81. The van der Waals surface area contributed by atoms with E-state index in [9.17, 15) is 4.79 Å². The number of rotatable bonds is 6. The van der Waals surface area contributed by atoms with Crippen LogP contribution in [0.2, 0.25) is 0 Å². The molecular weight excluding hydrogens is 359 g/mol. The largest absolute Gasteiger partial charge is 0.493 e. The molecule has 0 saturated carbocycles. The van der Waals surface area contributed by atoms with Crippen molar-refractivity contribution in [3.05, 3.63) is 23.8 Å². The van der Waals surface area contributed by atoms with Gasteiger partial charge in [0.05, 0.1) is 37.1 Å². The van der Waals surface area contributed by atoms with Crippen LogP contribution >= 0.6 is 22.9 Å². The topological polar surface area (TPSA) is 59.9 Å². The minimum atomic E-state index is -0.144. The summed E-state index contributed by atoms with van der Waals surface area (Å²) in [4.78, 5) is 11.5. The maximum Gasteiger partial charge on any atom is 0.265 e. The zero-order valence-electron chi connectivity index (χ0n) is 11.2. The molecule has 0 heterocycles. The van der Waals surface area contributed by atoms with Crippen LogP contribution in [0.15, 0.2) is 21.4 Å². The maximum atomic E-state index is 11.5. The van der Waals surface area contributed by atoms with Crippen molar-refractivity contribution >= 4 is 34.5 Å². The monoisotopic (exact) mass is 376 g/mol. The fraction of sp³-hybridized carbons (Fsp3) is 0.385. The molecule has 0 unspecified atom stereocenters. The van der Waals surface area contributed by atoms with Crippen LogP contribution in [0.3, 0.4) is 0 Å². The Labute approximate surface area is 126 Å². The summed E-state index contributed by atoms with van der Waals surface area (Å²) in [7, 11) is 3.20. The van der Waals surface area contributed by atoms with Gasteiger partial charge >= 0.3 is 0 Å². The Morgan fingerprint density at radius 3 is 2.58 bits per heavy atom. The molecule has 0 radical (unpaired) electrons. The third-order valence-corrected chi connectivity index (χ3v) is 3.33. The predicted molar refractivity (Wildman–Crippen MR) is 83.4 cm³/mol. The van der Waals surface area contributed by atoms with Gasteiger partial charge in [0.15, 0.2) is 11.5 Å². The van der Waals surface area contributed by atoms with Gasteiger partial charge in [-0.15, -0.1) is 0 Å². The van der Waals surface area contributed by atoms with E-state index in [4.69, 9.17) is 9.47 Å². The number of carbonyl (C=O) groups is 1. The standard InChI is InChI=1S/C13H17IN2O3/c1-9(16-14)13(17)15-7-6-10-4-5-11(18-2)12(8-10)19-3/h4-5,8H,6-7H2,1-3H3,(H,15,17). The lowest BCUT2D eigenvalue weighted by atomic mass is 10.1. The molecule has 1 rings (SSSR count). The molecule has 0 aliphatic heterocycles. The normalized spacial score (nSPS) is 11.1. The Bertz CT molecular complexity index is 475. The summed E-state index contributed by atoms with van der Waals surface area (Å²) in [5, 5.41) is 2.80. The summed E-state index contributed by atoms with van der Waals surface area (Å²) in [6.45, 7) is 2.23. The minimum Gasteiger partial charge on any atom is -0.493 e. The number of carbonyl (C=O) groups excluding carboxylic acids is 1. The molecule has 1 aromatic rings. The molecule has 0 aromatic heterocycles. The van der Waals surface area contributed by atoms with E-state index >= 15 is 0 Å². The molecule has 0 spiro atoms. The third-order valence-electron chi connectivity index (χ3n) is 2.60. The molecule has 1 N–H and O–H groups in total. The molecule has 19 heavy (non-hydrogen) atoms. The highest BCUT2D eigenvalue weighted by Gasteiger charge is 2.06. The van der Waals surface area contributed by atoms with Crippen LogP contribution in [-0.2, 0) is 11.2 Å². The van der Waals surface area contributed by atoms with E-state index in [0.717, 1.165) is 12.0 Å². The number of methoxy groups -OCH3 is 2. The third kappa shape index (κ3) is 4.70. The Morgan fingerprint density at radius 2 is 2.00 bits per heavy atom. The van der Waals surface area contributed by atoms with E-state index < -0.39 is 0 Å². The lowest BCUT2D eigenvalue weighted by Crippen LogP contribution is -2.30. The number of hydrogen-bond donors (Lipinski definition) is 1. The quantitative estimate of drug-likeness (QED) is 0.612. The summed E-state index contributed by atoms with van der Waals surface area (Å²) in [5.74, 6) is 1.24. The Morgan fingerprint density at radius 1 is 1.32 bits per heavy atom. The fourth-order valence-electron chi connectivity index (χ4n) is 1.52. The van der Waals surface area contributed by atoms with Gasteiger partial charge in [0.25, 0.3) is 5.91 Å². The van der Waals surface area contributed by atoms with E-state index in [1.165, 1.54) is 0 Å². The van der Waals surface area contributed by atoms with Crippen LogP contribution in [0.25, 0.3) is 0 Å². The average Bonchev–Trinajstić information content (AvgIpc) is 2.45. The van der Waals surface area contributed by atoms with Crippen molar-refractivity contribution in [2.24, 2.45) is 3.21 Å². The molecule has 6 heteroatoms. The zero-order valence-corrected chi connectivity index (χ0v) is 13.4. The lowest BCUT2D eigenvalue weighted by molar-refractivity contribution is -0.114. The first-order chi connectivity index (χ1) is 9.12. The van der Waals surface area contributed by atoms with Crippen molar-refractivity contribution in [2.45, 2.75) is 13.3 Å². The fourth-order valence-corrected chi connectivity index (χ4v) is 1.74. The number of nitrogens with zero attached hydrogens (tertiary/aromatic N) is 1. The van der Waals surface area contributed by atoms with Gasteiger partial charge in [-0.1, -0.05) is 6.07 Å². The molecule has 1 amide bonds. The summed E-state index contributed by atoms with van der Waals surface area (Å²) in [6, 6.07) is 5.71. The van der Waals surface area contributed by atoms with Gasteiger partial charge in [-0.25, -0.2) is 3.21 Å². The number of halogens is 1. The highest BCUT2D eigenvalue weighted by molar-refractivity contribution is 14.1. The van der Waals surface area contributed by atoms with Crippen LogP contribution < -0.4 is 14.8 Å². The highest BCUT2D eigenvalue weighted by atomic mass is 127. The number of benzene rings is 1. The summed E-state index contributed by atoms with van der Waals surface area (Å²) < 4.78 is 14.2. The van der Waals surface area contributed by atoms with Gasteiger partial charge in [-0.3, -0.25) is 4.79 Å². The van der Waals surface area contributed by atoms with Crippen LogP contribution in [-0.4, -0.2) is 32.4 Å². The Kier molecular flexibility index (Phi) is 6.61. The molecule has 1 aromatic carbocycles. The van der Waals surface area contributed by atoms with E-state index in [2.05, 4.69) is 8.52 Å². The smallest absolute Gasteiger partial charge is 0.265 e. The highest BCUT2D eigenvalue weighted by Crippen LogP contribution is 2.27. The number of ether oxygens (including phenoxy) is 2. The van der Waals surface area contributed by atoms with Crippen molar-refractivity contribution in [1.29, 1.82) is 0 Å². The Hall–Kier alpha value is -1.31. The molecule has 5 nitrogen and oxygen atoms in total. The van der Waals surface area contributed by atoms with Crippen molar-refractivity contribution < 1.29 is 14.3 Å². The van der Waals surface area contributed by atoms with Gasteiger partial charge in [-0.2, -0.15) is 0 Å². The SMILES string of the molecule is COc1ccc(CCNC(=O)C(C)=NI)cc1OC. The second-order valence-electron chi connectivity index (χ2n) is 3.87. The van der Waals surface area contributed by atoms with Crippen molar-refractivity contribution in [3.63, 3.8) is 0 Å². The zero-order chi connectivity index (χ0) is 14.3. The van der Waals surface area contributed by atoms with Gasteiger partial charge in [0.2, 0.25) is 0 Å². The molecule has 0 fully saturated rings. The van der Waals surface area contributed by atoms with E-state index in [1.54, 1.807) is 44.0 Å². The first-order valence-corrected chi connectivity index (χ1v) is 6.73. The Balaban J connectivity index is 2.57. The molecule has 0 saturated heterocycles. The van der Waals surface area contributed by atoms with E-state index in [-0.39, 0.29) is 5.91 Å². The molecular formula is C13H17IN2O3. The average molecular weight is 376 g/mol. The van der Waals surface area contributed by atoms with Crippen molar-refractivity contribution in [3.8, 4) is 11.5 Å². The maximum absolute atomic E-state index is 11.5. The lowest BCUT2D eigenvalue weighted by Gasteiger charge is -2.10. The van der Waals surface area contributed by atoms with Crippen LogP contribution in [0.5, 0.6) is 11.5 Å². The summed E-state index contributed by atoms with van der Waals surface area (Å²) in [6.07, 6.45) is 0.723. The minimum absolute atomic E-state index is 0.144. The second-order valence-corrected chi connectivity index (χ2v) is 4.35. The van der Waals surface area contributed by atoms with Crippen molar-refractivity contribution in [2.75, 3.05) is 20.8 Å². The van der Waals surface area contributed by atoms with Gasteiger partial charge < -0.3 is 14.8 Å². The molecule has 0 atom stereocenters. The van der Waals surface area contributed by atoms with E-state index in [0.29, 0.717) is 23.8 Å². The first-order valence-electron chi connectivity index (χ1n) is 5.77. The first kappa shape index (κ1) is 15.7. The number of hydrogen-bond acceptors (Lipinski definition) is 4. The molecule has 0 aliphatic rings. The number of nitrogens with one attached hydrogen (secondary N) is 1. The van der Waals surface area contributed by atoms with Crippen molar-refractivity contribution in [1.82, 2.24) is 5.32 Å². The molecule has 0 aliphatic carbocycles. The van der Waals surface area contributed by atoms with Gasteiger partial charge in [0.1, 0.15) is 5.71 Å². The number of amides is 1. The molecule has 0 bridgehead atoms. The van der Waals surface area contributed by atoms with E-state index in [1.807, 2.05) is 18.2 Å². The second kappa shape index (κ2) is 7.98. The van der Waals surface area contributed by atoms with Crippen LogP contribution in [0.1, 0.15) is 12.5 Å². The van der Waals surface area contributed by atoms with Crippen LogP contribution in [0.4, 0.5) is 0 Å². The predicted octanol–water partition coefficient (Wildman–Crippen LogP) is 2.17. The summed E-state index contributed by atoms with van der Waals surface area (Å²) in [5.41, 5.74) is 1.54. The molecule has 104 valence electrons. The van der Waals surface area contributed by atoms with Gasteiger partial charge in [0, 0.05) is 6.54 Å².